The van der Waals surface area contributed by atoms with E-state index in [2.05, 4.69) is 25.8 Å². The van der Waals surface area contributed by atoms with E-state index < -0.39 is 6.03 Å². The topological polar surface area (TPSA) is 79.3 Å². The molecule has 0 fully saturated rings. The lowest BCUT2D eigenvalue weighted by atomic mass is 10.1. The van der Waals surface area contributed by atoms with Crippen LogP contribution in [-0.4, -0.2) is 21.7 Å². The molecule has 4 aromatic rings. The molecule has 34 heavy (non-hydrogen) atoms. The molecule has 6 nitrogen and oxygen atoms in total. The van der Waals surface area contributed by atoms with Crippen LogP contribution in [0.3, 0.4) is 0 Å². The minimum atomic E-state index is -0.559. The standard InChI is InChI=1S/C26H21Cl2N5O/c1-16-3-5-19(6-4-16)23-15-24(20-9-13-22(28)14-10-20)30-25(29-23)31-26(34)33-32-17(2)18-7-11-21(27)12-8-18/h3-15H,1-2H3,(H2,29,30,31,33,34)/b32-17-. The van der Waals surface area contributed by atoms with Gasteiger partial charge in [0.15, 0.2) is 0 Å². The molecule has 0 aliphatic rings. The van der Waals surface area contributed by atoms with Crippen LogP contribution in [0, 0.1) is 6.92 Å². The van der Waals surface area contributed by atoms with Crippen molar-refractivity contribution >= 4 is 40.9 Å². The number of nitrogens with one attached hydrogen (secondary N) is 2. The number of carbonyl (C=O) groups is 1. The molecule has 0 saturated carbocycles. The van der Waals surface area contributed by atoms with Gasteiger partial charge in [-0.05, 0) is 49.7 Å². The highest BCUT2D eigenvalue weighted by atomic mass is 35.5. The van der Waals surface area contributed by atoms with Crippen LogP contribution in [0.25, 0.3) is 22.5 Å². The lowest BCUT2D eigenvalue weighted by molar-refractivity contribution is 0.252. The number of anilines is 1. The van der Waals surface area contributed by atoms with Gasteiger partial charge < -0.3 is 0 Å². The molecule has 3 aromatic carbocycles. The Morgan fingerprint density at radius 1 is 0.794 bits per heavy atom. The number of rotatable bonds is 5. The van der Waals surface area contributed by atoms with E-state index in [1.165, 1.54) is 0 Å². The van der Waals surface area contributed by atoms with Gasteiger partial charge in [0.1, 0.15) is 0 Å². The minimum absolute atomic E-state index is 0.153. The van der Waals surface area contributed by atoms with Crippen molar-refractivity contribution < 1.29 is 4.79 Å². The third kappa shape index (κ3) is 5.98. The minimum Gasteiger partial charge on any atom is -0.275 e. The van der Waals surface area contributed by atoms with Gasteiger partial charge in [0.2, 0.25) is 5.95 Å². The van der Waals surface area contributed by atoms with Crippen LogP contribution in [0.4, 0.5) is 10.7 Å². The quantitative estimate of drug-likeness (QED) is 0.234. The molecule has 0 radical (unpaired) electrons. The van der Waals surface area contributed by atoms with E-state index in [1.807, 2.05) is 61.5 Å². The molecular weight excluding hydrogens is 469 g/mol. The molecular formula is C26H21Cl2N5O. The summed E-state index contributed by atoms with van der Waals surface area (Å²) < 4.78 is 0. The zero-order valence-electron chi connectivity index (χ0n) is 18.5. The van der Waals surface area contributed by atoms with Gasteiger partial charge in [-0.2, -0.15) is 5.10 Å². The maximum Gasteiger partial charge on any atom is 0.342 e. The number of hydrogen-bond acceptors (Lipinski definition) is 4. The molecule has 1 aromatic heterocycles. The highest BCUT2D eigenvalue weighted by molar-refractivity contribution is 6.31. The summed E-state index contributed by atoms with van der Waals surface area (Å²) >= 11 is 12.0. The number of aryl methyl sites for hydroxylation is 1. The number of urea groups is 1. The van der Waals surface area contributed by atoms with Crippen molar-refractivity contribution in [3.8, 4) is 22.5 Å². The molecule has 170 valence electrons. The van der Waals surface area contributed by atoms with E-state index in [4.69, 9.17) is 23.2 Å². The Morgan fingerprint density at radius 3 is 1.85 bits per heavy atom. The average molecular weight is 490 g/mol. The van der Waals surface area contributed by atoms with Crippen LogP contribution < -0.4 is 10.7 Å². The predicted molar refractivity (Wildman–Crippen MR) is 138 cm³/mol. The summed E-state index contributed by atoms with van der Waals surface area (Å²) in [5, 5.41) is 8.07. The van der Waals surface area contributed by atoms with E-state index in [1.54, 1.807) is 31.2 Å². The van der Waals surface area contributed by atoms with Crippen LogP contribution in [0.15, 0.2) is 84.0 Å². The summed E-state index contributed by atoms with van der Waals surface area (Å²) in [5.41, 5.74) is 8.18. The van der Waals surface area contributed by atoms with Crippen LogP contribution in [0.2, 0.25) is 10.0 Å². The van der Waals surface area contributed by atoms with Gasteiger partial charge in [-0.3, -0.25) is 5.32 Å². The lowest BCUT2D eigenvalue weighted by Gasteiger charge is -2.10. The summed E-state index contributed by atoms with van der Waals surface area (Å²) in [6.45, 7) is 3.81. The molecule has 0 atom stereocenters. The first-order valence-electron chi connectivity index (χ1n) is 10.5. The summed E-state index contributed by atoms with van der Waals surface area (Å²) in [4.78, 5) is 21.6. The van der Waals surface area contributed by atoms with E-state index in [-0.39, 0.29) is 5.95 Å². The molecule has 1 heterocycles. The van der Waals surface area contributed by atoms with Crippen molar-refractivity contribution in [1.29, 1.82) is 0 Å². The zero-order chi connectivity index (χ0) is 24.1. The lowest BCUT2D eigenvalue weighted by Crippen LogP contribution is -2.26. The molecule has 2 N–H and O–H groups in total. The molecule has 0 bridgehead atoms. The van der Waals surface area contributed by atoms with E-state index >= 15 is 0 Å². The van der Waals surface area contributed by atoms with Gasteiger partial charge in [0, 0.05) is 21.2 Å². The Balaban J connectivity index is 1.60. The Kier molecular flexibility index (Phi) is 7.21. The highest BCUT2D eigenvalue weighted by Gasteiger charge is 2.11. The molecule has 2 amide bonds. The fraction of sp³-hybridized carbons (Fsp3) is 0.0769. The monoisotopic (exact) mass is 489 g/mol. The van der Waals surface area contributed by atoms with Crippen molar-refractivity contribution in [2.75, 3.05) is 5.32 Å². The Hall–Kier alpha value is -3.74. The smallest absolute Gasteiger partial charge is 0.275 e. The van der Waals surface area contributed by atoms with Gasteiger partial charge in [-0.1, -0.05) is 77.3 Å². The first-order chi connectivity index (χ1) is 16.4. The summed E-state index contributed by atoms with van der Waals surface area (Å²) in [6.07, 6.45) is 0. The van der Waals surface area contributed by atoms with E-state index in [9.17, 15) is 4.79 Å². The van der Waals surface area contributed by atoms with Crippen LogP contribution in [-0.2, 0) is 0 Å². The van der Waals surface area contributed by atoms with Gasteiger partial charge >= 0.3 is 6.03 Å². The van der Waals surface area contributed by atoms with E-state index in [0.29, 0.717) is 27.1 Å². The second-order valence-corrected chi connectivity index (χ2v) is 8.48. The fourth-order valence-electron chi connectivity index (χ4n) is 3.16. The fourth-order valence-corrected chi connectivity index (χ4v) is 3.42. The number of carbonyl (C=O) groups excluding carboxylic acids is 1. The molecule has 0 aliphatic heterocycles. The Bertz CT molecular complexity index is 1270. The SMILES string of the molecule is C/C(=N/NC(=O)Nc1nc(-c2ccc(C)cc2)cc(-c2ccc(Cl)cc2)n1)c1ccc(Cl)cc1. The first-order valence-corrected chi connectivity index (χ1v) is 11.2. The van der Waals surface area contributed by atoms with Crippen molar-refractivity contribution in [2.45, 2.75) is 13.8 Å². The molecule has 0 unspecified atom stereocenters. The zero-order valence-corrected chi connectivity index (χ0v) is 20.0. The highest BCUT2D eigenvalue weighted by Crippen LogP contribution is 2.26. The Morgan fingerprint density at radius 2 is 1.29 bits per heavy atom. The van der Waals surface area contributed by atoms with Crippen LogP contribution in [0.5, 0.6) is 0 Å². The average Bonchev–Trinajstić information content (AvgIpc) is 2.83. The van der Waals surface area contributed by atoms with Crippen molar-refractivity contribution in [1.82, 2.24) is 15.4 Å². The number of amides is 2. The number of hydrazone groups is 1. The Labute approximate surface area is 207 Å². The van der Waals surface area contributed by atoms with Gasteiger partial charge in [0.05, 0.1) is 17.1 Å². The second kappa shape index (κ2) is 10.5. The second-order valence-electron chi connectivity index (χ2n) is 7.60. The van der Waals surface area contributed by atoms with Crippen molar-refractivity contribution in [2.24, 2.45) is 5.10 Å². The molecule has 0 aliphatic carbocycles. The number of halogens is 2. The number of benzene rings is 3. The summed E-state index contributed by atoms with van der Waals surface area (Å²) in [7, 11) is 0. The molecule has 0 saturated heterocycles. The first kappa shape index (κ1) is 23.4. The summed E-state index contributed by atoms with van der Waals surface area (Å²) in [6, 6.07) is 23.8. The van der Waals surface area contributed by atoms with Crippen LogP contribution >= 0.6 is 23.2 Å². The third-order valence-electron chi connectivity index (χ3n) is 5.03. The molecule has 8 heteroatoms. The largest absolute Gasteiger partial charge is 0.342 e. The summed E-state index contributed by atoms with van der Waals surface area (Å²) in [5.74, 6) is 0.153. The van der Waals surface area contributed by atoms with Gasteiger partial charge in [-0.15, -0.1) is 0 Å². The normalized spacial score (nSPS) is 11.2. The van der Waals surface area contributed by atoms with Crippen LogP contribution in [0.1, 0.15) is 18.1 Å². The molecule has 4 rings (SSSR count). The van der Waals surface area contributed by atoms with Crippen molar-refractivity contribution in [3.63, 3.8) is 0 Å². The molecule has 0 spiro atoms. The number of aromatic nitrogens is 2. The maximum absolute atomic E-state index is 12.5. The maximum atomic E-state index is 12.5. The third-order valence-corrected chi connectivity index (χ3v) is 5.53. The number of hydrogen-bond donors (Lipinski definition) is 2. The predicted octanol–water partition coefficient (Wildman–Crippen LogP) is 6.97. The van der Waals surface area contributed by atoms with Gasteiger partial charge in [0.25, 0.3) is 0 Å². The van der Waals surface area contributed by atoms with Gasteiger partial charge in [-0.25, -0.2) is 20.2 Å². The van der Waals surface area contributed by atoms with E-state index in [0.717, 1.165) is 22.3 Å². The number of nitrogens with zero attached hydrogens (tertiary/aromatic N) is 3. The van der Waals surface area contributed by atoms with Crippen molar-refractivity contribution in [3.05, 3.63) is 100 Å².